The van der Waals surface area contributed by atoms with Crippen LogP contribution < -0.4 is 10.6 Å². The molecule has 6 rings (SSSR count). The van der Waals surface area contributed by atoms with Gasteiger partial charge in [0.15, 0.2) is 0 Å². The topological polar surface area (TPSA) is 84.0 Å². The van der Waals surface area contributed by atoms with Crippen LogP contribution in [0.25, 0.3) is 21.5 Å². The lowest BCUT2D eigenvalue weighted by Gasteiger charge is -2.08. The van der Waals surface area contributed by atoms with E-state index in [-0.39, 0.29) is 23.7 Å². The Morgan fingerprint density at radius 2 is 1.29 bits per heavy atom. The zero-order valence-corrected chi connectivity index (χ0v) is 18.8. The summed E-state index contributed by atoms with van der Waals surface area (Å²) in [7, 11) is 0. The average Bonchev–Trinajstić information content (AvgIpc) is 3.70. The summed E-state index contributed by atoms with van der Waals surface area (Å²) in [6.07, 6.45) is 7.89. The number of carbonyl (C=O) groups excluding carboxylic acids is 2. The Morgan fingerprint density at radius 1 is 0.686 bits per heavy atom. The number of pyridine rings is 2. The number of aromatic nitrogens is 2. The molecule has 2 unspecified atom stereocenters. The summed E-state index contributed by atoms with van der Waals surface area (Å²) in [5, 5.41) is 10.1. The minimum absolute atomic E-state index is 0.0247. The molecule has 2 N–H and O–H groups in total. The third kappa shape index (κ3) is 4.34. The number of fused-ring (bicyclic) bond motifs is 2. The van der Waals surface area contributed by atoms with Gasteiger partial charge in [-0.3, -0.25) is 19.6 Å². The van der Waals surface area contributed by atoms with E-state index in [0.717, 1.165) is 44.9 Å². The van der Waals surface area contributed by atoms with E-state index in [9.17, 15) is 9.59 Å². The smallest absolute Gasteiger partial charge is 0.255 e. The van der Waals surface area contributed by atoms with Crippen LogP contribution in [0, 0.1) is 5.92 Å². The monoisotopic (exact) mass is 458 g/mol. The molecule has 2 amide bonds. The molecule has 35 heavy (non-hydrogen) atoms. The first-order valence-electron chi connectivity index (χ1n) is 11.5. The average molecular weight is 459 g/mol. The number of benzene rings is 3. The zero-order valence-electron chi connectivity index (χ0n) is 18.8. The molecule has 1 aliphatic rings. The number of carbonyl (C=O) groups is 2. The van der Waals surface area contributed by atoms with E-state index < -0.39 is 0 Å². The Morgan fingerprint density at radius 3 is 1.91 bits per heavy atom. The zero-order chi connectivity index (χ0) is 23.8. The molecule has 1 aliphatic carbocycles. The third-order valence-corrected chi connectivity index (χ3v) is 6.53. The lowest BCUT2D eigenvalue weighted by atomic mass is 10.1. The number of amides is 2. The van der Waals surface area contributed by atoms with Gasteiger partial charge in [0.25, 0.3) is 5.91 Å². The van der Waals surface area contributed by atoms with Crippen molar-refractivity contribution in [3.63, 3.8) is 0 Å². The van der Waals surface area contributed by atoms with Crippen molar-refractivity contribution in [3.05, 3.63) is 109 Å². The number of nitrogens with one attached hydrogen (secondary N) is 2. The van der Waals surface area contributed by atoms with E-state index in [2.05, 4.69) is 20.6 Å². The summed E-state index contributed by atoms with van der Waals surface area (Å²) in [6, 6.07) is 22.9. The van der Waals surface area contributed by atoms with Gasteiger partial charge in [0.2, 0.25) is 5.91 Å². The minimum Gasteiger partial charge on any atom is -0.326 e. The van der Waals surface area contributed by atoms with Crippen molar-refractivity contribution in [2.45, 2.75) is 12.3 Å². The summed E-state index contributed by atoms with van der Waals surface area (Å²) >= 11 is 0. The van der Waals surface area contributed by atoms with Gasteiger partial charge in [-0.05, 0) is 77.2 Å². The standard InChI is InChI=1S/C29H22N4O2/c34-28(32-24-7-5-22-16-30-11-9-20(22)13-24)19-3-1-18(2-4-19)26-15-27(26)29(35)33-25-8-6-23-17-31-12-10-21(23)14-25/h1-14,16-17,26-27H,15H2,(H,32,34)(H,33,35). The van der Waals surface area contributed by atoms with Crippen molar-refractivity contribution in [2.24, 2.45) is 5.92 Å². The maximum atomic E-state index is 12.8. The first-order valence-corrected chi connectivity index (χ1v) is 11.5. The molecule has 5 aromatic rings. The molecular weight excluding hydrogens is 436 g/mol. The van der Waals surface area contributed by atoms with Gasteiger partial charge in [-0.2, -0.15) is 0 Å². The van der Waals surface area contributed by atoms with E-state index >= 15 is 0 Å². The van der Waals surface area contributed by atoms with E-state index in [4.69, 9.17) is 0 Å². The first-order chi connectivity index (χ1) is 17.1. The van der Waals surface area contributed by atoms with Crippen LogP contribution in [-0.4, -0.2) is 21.8 Å². The number of hydrogen-bond acceptors (Lipinski definition) is 4. The summed E-state index contributed by atoms with van der Waals surface area (Å²) in [5.74, 6) is -0.0287. The fourth-order valence-corrected chi connectivity index (χ4v) is 4.50. The van der Waals surface area contributed by atoms with Crippen molar-refractivity contribution in [2.75, 3.05) is 10.6 Å². The maximum absolute atomic E-state index is 12.8. The summed E-state index contributed by atoms with van der Waals surface area (Å²) in [6.45, 7) is 0. The molecule has 1 saturated carbocycles. The molecule has 0 bridgehead atoms. The van der Waals surface area contributed by atoms with Gasteiger partial charge in [0, 0.05) is 58.4 Å². The molecule has 6 nitrogen and oxygen atoms in total. The van der Waals surface area contributed by atoms with Crippen molar-refractivity contribution in [1.29, 1.82) is 0 Å². The number of hydrogen-bond donors (Lipinski definition) is 2. The molecule has 3 aromatic carbocycles. The normalized spacial score (nSPS) is 16.7. The van der Waals surface area contributed by atoms with Crippen LogP contribution >= 0.6 is 0 Å². The molecular formula is C29H22N4O2. The lowest BCUT2D eigenvalue weighted by molar-refractivity contribution is -0.117. The first kappa shape index (κ1) is 21.0. The van der Waals surface area contributed by atoms with Gasteiger partial charge in [0.05, 0.1) is 0 Å². The van der Waals surface area contributed by atoms with Gasteiger partial charge in [-0.25, -0.2) is 0 Å². The van der Waals surface area contributed by atoms with Crippen LogP contribution in [0.4, 0.5) is 11.4 Å². The second kappa shape index (κ2) is 8.65. The predicted octanol–water partition coefficient (Wildman–Crippen LogP) is 5.78. The predicted molar refractivity (Wildman–Crippen MR) is 137 cm³/mol. The fraction of sp³-hybridized carbons (Fsp3) is 0.103. The van der Waals surface area contributed by atoms with Crippen LogP contribution in [0.15, 0.2) is 97.6 Å². The Labute approximate surface area is 202 Å². The van der Waals surface area contributed by atoms with Gasteiger partial charge in [0.1, 0.15) is 0 Å². The number of anilines is 2. The SMILES string of the molecule is O=C(Nc1ccc2cnccc2c1)c1ccc(C2CC2C(=O)Nc2ccc3cnccc3c2)cc1. The quantitative estimate of drug-likeness (QED) is 0.350. The second-order valence-corrected chi connectivity index (χ2v) is 8.89. The Hall–Kier alpha value is -4.58. The van der Waals surface area contributed by atoms with Crippen LogP contribution in [0.2, 0.25) is 0 Å². The highest BCUT2D eigenvalue weighted by Gasteiger charge is 2.43. The molecule has 2 aromatic heterocycles. The molecule has 0 aliphatic heterocycles. The molecule has 2 heterocycles. The molecule has 2 atom stereocenters. The Kier molecular flexibility index (Phi) is 5.19. The summed E-state index contributed by atoms with van der Waals surface area (Å²) in [5.41, 5.74) is 3.18. The molecule has 170 valence electrons. The molecule has 1 fully saturated rings. The van der Waals surface area contributed by atoms with Gasteiger partial charge < -0.3 is 10.6 Å². The highest BCUT2D eigenvalue weighted by Crippen LogP contribution is 2.48. The Bertz CT molecular complexity index is 1580. The van der Waals surface area contributed by atoms with Crippen LogP contribution in [0.5, 0.6) is 0 Å². The summed E-state index contributed by atoms with van der Waals surface area (Å²) in [4.78, 5) is 33.7. The number of rotatable bonds is 5. The van der Waals surface area contributed by atoms with Crippen molar-refractivity contribution in [3.8, 4) is 0 Å². The molecule has 0 spiro atoms. The van der Waals surface area contributed by atoms with Gasteiger partial charge in [-0.15, -0.1) is 0 Å². The maximum Gasteiger partial charge on any atom is 0.255 e. The third-order valence-electron chi connectivity index (χ3n) is 6.53. The van der Waals surface area contributed by atoms with Crippen molar-refractivity contribution >= 4 is 44.7 Å². The second-order valence-electron chi connectivity index (χ2n) is 8.89. The van der Waals surface area contributed by atoms with Crippen LogP contribution in [-0.2, 0) is 4.79 Å². The summed E-state index contributed by atoms with van der Waals surface area (Å²) < 4.78 is 0. The highest BCUT2D eigenvalue weighted by molar-refractivity contribution is 6.05. The van der Waals surface area contributed by atoms with Crippen LogP contribution in [0.1, 0.15) is 28.3 Å². The number of nitrogens with zero attached hydrogens (tertiary/aromatic N) is 2. The highest BCUT2D eigenvalue weighted by atomic mass is 16.2. The van der Waals surface area contributed by atoms with Gasteiger partial charge >= 0.3 is 0 Å². The van der Waals surface area contributed by atoms with Crippen LogP contribution in [0.3, 0.4) is 0 Å². The van der Waals surface area contributed by atoms with E-state index in [1.54, 1.807) is 24.8 Å². The fourth-order valence-electron chi connectivity index (χ4n) is 4.50. The van der Waals surface area contributed by atoms with E-state index in [0.29, 0.717) is 5.56 Å². The lowest BCUT2D eigenvalue weighted by Crippen LogP contribution is -2.14. The van der Waals surface area contributed by atoms with Gasteiger partial charge in [-0.1, -0.05) is 24.3 Å². The van der Waals surface area contributed by atoms with E-state index in [1.165, 1.54) is 0 Å². The largest absolute Gasteiger partial charge is 0.326 e. The van der Waals surface area contributed by atoms with Crippen molar-refractivity contribution < 1.29 is 9.59 Å². The minimum atomic E-state index is -0.165. The van der Waals surface area contributed by atoms with E-state index in [1.807, 2.05) is 72.8 Å². The molecule has 0 radical (unpaired) electrons. The molecule has 6 heteroatoms. The molecule has 0 saturated heterocycles. The van der Waals surface area contributed by atoms with Crippen molar-refractivity contribution in [1.82, 2.24) is 9.97 Å². The Balaban J connectivity index is 1.09.